The highest BCUT2D eigenvalue weighted by atomic mass is 16.8. The van der Waals surface area contributed by atoms with Gasteiger partial charge in [-0.1, -0.05) is 0 Å². The summed E-state index contributed by atoms with van der Waals surface area (Å²) in [6.45, 7) is 1.58. The Labute approximate surface area is 205 Å². The maximum atomic E-state index is 12.8. The molecule has 7 rings (SSSR count). The average Bonchev–Trinajstić information content (AvgIpc) is 3.60. The van der Waals surface area contributed by atoms with Gasteiger partial charge in [0.25, 0.3) is 0 Å². The second kappa shape index (κ2) is 6.60. The molecule has 2 aromatic carbocycles. The van der Waals surface area contributed by atoms with Crippen molar-refractivity contribution >= 4 is 22.3 Å². The lowest BCUT2D eigenvalue weighted by atomic mass is 9.86. The third-order valence-corrected chi connectivity index (χ3v) is 7.12. The second-order valence-corrected chi connectivity index (χ2v) is 9.15. The largest absolute Gasteiger partial charge is 0.507 e. The molecule has 4 atom stereocenters. The van der Waals surface area contributed by atoms with Crippen molar-refractivity contribution in [2.24, 2.45) is 0 Å². The van der Waals surface area contributed by atoms with Crippen LogP contribution in [0, 0.1) is 6.92 Å². The smallest absolute Gasteiger partial charge is 0.347 e. The first-order chi connectivity index (χ1) is 17.6. The van der Waals surface area contributed by atoms with Gasteiger partial charge in [0, 0.05) is 11.6 Å². The van der Waals surface area contributed by atoms with E-state index in [1.54, 1.807) is 19.1 Å². The molecule has 0 unspecified atom stereocenters. The topological polar surface area (TPSA) is 185 Å². The minimum Gasteiger partial charge on any atom is -0.507 e. The van der Waals surface area contributed by atoms with Crippen molar-refractivity contribution in [1.82, 2.24) is 0 Å². The van der Waals surface area contributed by atoms with Gasteiger partial charge in [-0.2, -0.15) is 0 Å². The molecule has 0 amide bonds. The van der Waals surface area contributed by atoms with Gasteiger partial charge in [0.1, 0.15) is 23.0 Å². The predicted octanol–water partition coefficient (Wildman–Crippen LogP) is 1.78. The minimum atomic E-state index is -2.14. The quantitative estimate of drug-likeness (QED) is 0.276. The van der Waals surface area contributed by atoms with Crippen LogP contribution in [-0.4, -0.2) is 51.0 Å². The van der Waals surface area contributed by atoms with Crippen molar-refractivity contribution in [2.75, 3.05) is 7.11 Å². The first-order valence-corrected chi connectivity index (χ1v) is 11.1. The number of carbonyl (C=O) groups is 2. The van der Waals surface area contributed by atoms with E-state index >= 15 is 0 Å². The number of rotatable bonds is 1. The number of methoxy groups -OCH3 is 1. The molecule has 1 saturated heterocycles. The van der Waals surface area contributed by atoms with Crippen LogP contribution < -0.4 is 15.1 Å². The Morgan fingerprint density at radius 3 is 2.43 bits per heavy atom. The van der Waals surface area contributed by atoms with Crippen molar-refractivity contribution in [3.63, 3.8) is 0 Å². The number of hydrogen-bond acceptors (Lipinski definition) is 12. The molecule has 37 heavy (non-hydrogen) atoms. The molecule has 3 aromatic rings. The second-order valence-electron chi connectivity index (χ2n) is 9.15. The van der Waals surface area contributed by atoms with Gasteiger partial charge >= 0.3 is 11.4 Å². The fraction of sp³-hybridized carbons (Fsp3) is 0.240. The fourth-order valence-electron chi connectivity index (χ4n) is 5.43. The lowest BCUT2D eigenvalue weighted by Crippen LogP contribution is -2.51. The molecule has 3 aliphatic heterocycles. The summed E-state index contributed by atoms with van der Waals surface area (Å²) in [7, 11) is 1.16. The molecular formula is C25H16O12. The van der Waals surface area contributed by atoms with Crippen LogP contribution in [0.1, 0.15) is 49.8 Å². The summed E-state index contributed by atoms with van der Waals surface area (Å²) < 4.78 is 27.6. The van der Waals surface area contributed by atoms with E-state index in [-0.39, 0.29) is 16.9 Å². The summed E-state index contributed by atoms with van der Waals surface area (Å²) in [5, 5.41) is 44.5. The Morgan fingerprint density at radius 2 is 1.70 bits per heavy atom. The predicted molar refractivity (Wildman–Crippen MR) is 119 cm³/mol. The molecule has 4 aliphatic rings. The molecule has 12 heteroatoms. The van der Waals surface area contributed by atoms with Crippen molar-refractivity contribution < 1.29 is 53.4 Å². The Kier molecular flexibility index (Phi) is 3.87. The molecule has 188 valence electrons. The molecule has 1 aliphatic carbocycles. The molecule has 0 radical (unpaired) electrons. The van der Waals surface area contributed by atoms with Gasteiger partial charge in [-0.15, -0.1) is 0 Å². The Bertz CT molecular complexity index is 1730. The summed E-state index contributed by atoms with van der Waals surface area (Å²) in [5.74, 6) is -6.80. The van der Waals surface area contributed by atoms with Crippen LogP contribution in [0.4, 0.5) is 0 Å². The number of aromatic hydroxyl groups is 3. The zero-order chi connectivity index (χ0) is 26.1. The number of fused-ring (bicyclic) bond motifs is 7. The molecular weight excluding hydrogens is 492 g/mol. The average molecular weight is 508 g/mol. The Balaban J connectivity index is 1.41. The highest BCUT2D eigenvalue weighted by Gasteiger charge is 2.71. The number of carbonyl (C=O) groups excluding carboxylic acids is 2. The maximum absolute atomic E-state index is 12.8. The van der Waals surface area contributed by atoms with E-state index in [1.165, 1.54) is 0 Å². The summed E-state index contributed by atoms with van der Waals surface area (Å²) in [5.41, 5.74) is -1.93. The number of Topliss-reactive ketones (excluding diaryl/α,β-unsaturated/α-hetero) is 1. The molecule has 4 N–H and O–H groups in total. The first-order valence-electron chi connectivity index (χ1n) is 11.1. The number of phenols is 3. The van der Waals surface area contributed by atoms with E-state index in [4.69, 9.17) is 23.4 Å². The van der Waals surface area contributed by atoms with E-state index in [2.05, 4.69) is 0 Å². The normalized spacial score (nSPS) is 26.6. The van der Waals surface area contributed by atoms with E-state index in [1.807, 2.05) is 0 Å². The van der Waals surface area contributed by atoms with Gasteiger partial charge in [0.15, 0.2) is 46.7 Å². The Morgan fingerprint density at radius 1 is 0.973 bits per heavy atom. The van der Waals surface area contributed by atoms with Crippen molar-refractivity contribution in [2.45, 2.75) is 31.0 Å². The zero-order valence-electron chi connectivity index (χ0n) is 19.0. The minimum absolute atomic E-state index is 0.167. The van der Waals surface area contributed by atoms with Gasteiger partial charge in [-0.05, 0) is 24.4 Å². The number of aliphatic hydroxyl groups excluding tert-OH is 1. The molecule has 0 bridgehead atoms. The van der Waals surface area contributed by atoms with E-state index in [0.717, 1.165) is 13.2 Å². The molecule has 1 aromatic heterocycles. The monoisotopic (exact) mass is 508 g/mol. The van der Waals surface area contributed by atoms with Gasteiger partial charge in [-0.3, -0.25) is 9.59 Å². The number of phenolic OH excluding ortho intramolecular Hbond substituents is 3. The van der Waals surface area contributed by atoms with E-state index in [0.29, 0.717) is 16.7 Å². The standard InChI is InChI=1S/C25H16O12/c1-6-3-7-4-8-19(17(29)11(7)24(32)34-6)36-25(23-20(8)35-23)22(31)14-16(28)12-9(26)5-10(33-2)15(27)13(12)18(30)21(14)37-25/h3-5,20,22-23,28-31H,1-2H3/t20-,22-,23-,25+/m1/s1. The summed E-state index contributed by atoms with van der Waals surface area (Å²) in [6.07, 6.45) is -2.71. The SMILES string of the molecule is COC1=CC(=O)c2c(O)c3c(c(O)c2C1=O)O[C@@]1(Oc2c(cc4cc(C)oc(=O)c4c2O)[C@H]2O[C@H]21)[C@@H]3O. The van der Waals surface area contributed by atoms with Crippen LogP contribution in [0.25, 0.3) is 10.8 Å². The number of ether oxygens (including phenoxy) is 4. The van der Waals surface area contributed by atoms with Crippen LogP contribution in [0.3, 0.4) is 0 Å². The summed E-state index contributed by atoms with van der Waals surface area (Å²) in [4.78, 5) is 38.0. The maximum Gasteiger partial charge on any atom is 0.347 e. The highest BCUT2D eigenvalue weighted by Crippen LogP contribution is 2.65. The number of aliphatic hydroxyl groups is 1. The third-order valence-electron chi connectivity index (χ3n) is 7.12. The van der Waals surface area contributed by atoms with Crippen LogP contribution in [-0.2, 0) is 9.47 Å². The fourth-order valence-corrected chi connectivity index (χ4v) is 5.43. The van der Waals surface area contributed by atoms with Crippen LogP contribution in [0.15, 0.2) is 33.2 Å². The van der Waals surface area contributed by atoms with Crippen LogP contribution >= 0.6 is 0 Å². The summed E-state index contributed by atoms with van der Waals surface area (Å²) in [6, 6.07) is 3.15. The third kappa shape index (κ3) is 2.45. The van der Waals surface area contributed by atoms with E-state index < -0.39 is 81.0 Å². The van der Waals surface area contributed by atoms with Gasteiger partial charge in [-0.25, -0.2) is 4.79 Å². The van der Waals surface area contributed by atoms with Crippen LogP contribution in [0.2, 0.25) is 0 Å². The number of aryl methyl sites for hydroxylation is 1. The van der Waals surface area contributed by atoms with Gasteiger partial charge < -0.3 is 43.8 Å². The molecule has 12 nitrogen and oxygen atoms in total. The van der Waals surface area contributed by atoms with Crippen LogP contribution in [0.5, 0.6) is 28.7 Å². The molecule has 1 fully saturated rings. The number of hydrogen-bond donors (Lipinski definition) is 4. The highest BCUT2D eigenvalue weighted by molar-refractivity contribution is 6.26. The van der Waals surface area contributed by atoms with E-state index in [9.17, 15) is 34.8 Å². The number of epoxide rings is 1. The number of allylic oxidation sites excluding steroid dienone is 2. The molecule has 4 heterocycles. The first kappa shape index (κ1) is 21.7. The number of benzene rings is 2. The molecule has 0 saturated carbocycles. The Hall–Kier alpha value is -4.55. The van der Waals surface area contributed by atoms with Crippen molar-refractivity contribution in [3.8, 4) is 28.7 Å². The number of ketones is 2. The van der Waals surface area contributed by atoms with Gasteiger partial charge in [0.2, 0.25) is 5.78 Å². The van der Waals surface area contributed by atoms with Gasteiger partial charge in [0.05, 0.1) is 23.8 Å². The lowest BCUT2D eigenvalue weighted by Gasteiger charge is -2.34. The van der Waals surface area contributed by atoms with Crippen molar-refractivity contribution in [1.29, 1.82) is 0 Å². The van der Waals surface area contributed by atoms with Crippen molar-refractivity contribution in [3.05, 3.63) is 62.4 Å². The summed E-state index contributed by atoms with van der Waals surface area (Å²) >= 11 is 0. The lowest BCUT2D eigenvalue weighted by molar-refractivity contribution is -0.185. The molecule has 1 spiro atoms. The zero-order valence-corrected chi connectivity index (χ0v) is 19.0.